The van der Waals surface area contributed by atoms with E-state index in [2.05, 4.69) is 4.98 Å². The highest BCUT2D eigenvalue weighted by atomic mass is 35.5. The van der Waals surface area contributed by atoms with E-state index in [4.69, 9.17) is 23.2 Å². The van der Waals surface area contributed by atoms with Gasteiger partial charge in [-0.1, -0.05) is 34.5 Å². The summed E-state index contributed by atoms with van der Waals surface area (Å²) in [4.78, 5) is 21.4. The van der Waals surface area contributed by atoms with Gasteiger partial charge in [0.15, 0.2) is 5.13 Å². The van der Waals surface area contributed by atoms with Gasteiger partial charge in [-0.2, -0.15) is 0 Å². The van der Waals surface area contributed by atoms with E-state index in [1.54, 1.807) is 4.90 Å². The molecule has 0 spiro atoms. The summed E-state index contributed by atoms with van der Waals surface area (Å²) in [6, 6.07) is 7.45. The number of nitrogens with zero attached hydrogens (tertiary/aromatic N) is 3. The van der Waals surface area contributed by atoms with Crippen molar-refractivity contribution in [2.45, 2.75) is 6.92 Å². The lowest BCUT2D eigenvalue weighted by molar-refractivity contribution is 0.0985. The number of benzene rings is 2. The van der Waals surface area contributed by atoms with Crippen molar-refractivity contribution < 1.29 is 9.18 Å². The molecule has 0 radical (unpaired) electrons. The molecule has 0 fully saturated rings. The SMILES string of the molecule is Cc1cc(Cl)cc2sc(N(CCN(C)C)C(=O)c3ccc(F)cc3Cl)nc12.Cl. The van der Waals surface area contributed by atoms with Crippen LogP contribution in [0.25, 0.3) is 10.2 Å². The number of carbonyl (C=O) groups excluding carboxylic acids is 1. The number of likely N-dealkylation sites (N-methyl/N-ethyl adjacent to an activating group) is 1. The summed E-state index contributed by atoms with van der Waals surface area (Å²) in [5.74, 6) is -0.800. The van der Waals surface area contributed by atoms with Gasteiger partial charge in [0.05, 0.1) is 20.8 Å². The maximum atomic E-state index is 13.4. The predicted molar refractivity (Wildman–Crippen MR) is 118 cm³/mol. The van der Waals surface area contributed by atoms with Gasteiger partial charge in [-0.25, -0.2) is 9.37 Å². The first-order chi connectivity index (χ1) is 12.8. The summed E-state index contributed by atoms with van der Waals surface area (Å²) < 4.78 is 14.3. The number of anilines is 1. The highest BCUT2D eigenvalue weighted by Crippen LogP contribution is 2.34. The molecule has 0 unspecified atom stereocenters. The van der Waals surface area contributed by atoms with Crippen molar-refractivity contribution in [1.29, 1.82) is 0 Å². The van der Waals surface area contributed by atoms with Gasteiger partial charge in [-0.15, -0.1) is 12.4 Å². The molecule has 0 aliphatic rings. The van der Waals surface area contributed by atoms with Crippen molar-refractivity contribution in [2.24, 2.45) is 0 Å². The van der Waals surface area contributed by atoms with Crippen molar-refractivity contribution in [3.63, 3.8) is 0 Å². The first-order valence-corrected chi connectivity index (χ1v) is 9.82. The molecule has 28 heavy (non-hydrogen) atoms. The van der Waals surface area contributed by atoms with Crippen LogP contribution in [0.1, 0.15) is 15.9 Å². The fraction of sp³-hybridized carbons (Fsp3) is 0.263. The highest BCUT2D eigenvalue weighted by molar-refractivity contribution is 7.22. The van der Waals surface area contributed by atoms with Crippen molar-refractivity contribution >= 4 is 68.2 Å². The third-order valence-corrected chi connectivity index (χ3v) is 5.60. The largest absolute Gasteiger partial charge is 0.308 e. The molecule has 9 heteroatoms. The number of fused-ring (bicyclic) bond motifs is 1. The van der Waals surface area contributed by atoms with Crippen LogP contribution in [0.2, 0.25) is 10.0 Å². The van der Waals surface area contributed by atoms with E-state index >= 15 is 0 Å². The third-order valence-electron chi connectivity index (χ3n) is 4.05. The number of halogens is 4. The van der Waals surface area contributed by atoms with Gasteiger partial charge in [-0.3, -0.25) is 9.69 Å². The van der Waals surface area contributed by atoms with E-state index in [0.29, 0.717) is 23.2 Å². The van der Waals surface area contributed by atoms with E-state index in [-0.39, 0.29) is 28.9 Å². The number of thiazole rings is 1. The Labute approximate surface area is 183 Å². The molecule has 0 N–H and O–H groups in total. The maximum Gasteiger partial charge on any atom is 0.261 e. The van der Waals surface area contributed by atoms with Gasteiger partial charge >= 0.3 is 0 Å². The second-order valence-electron chi connectivity index (χ2n) is 6.45. The topological polar surface area (TPSA) is 36.4 Å². The average molecular weight is 463 g/mol. The number of aryl methyl sites for hydroxylation is 1. The Morgan fingerprint density at radius 2 is 1.89 bits per heavy atom. The molecule has 3 rings (SSSR count). The minimum atomic E-state index is -0.485. The number of rotatable bonds is 5. The second-order valence-corrected chi connectivity index (χ2v) is 8.30. The van der Waals surface area contributed by atoms with Crippen LogP contribution in [0.15, 0.2) is 30.3 Å². The number of hydrogen-bond donors (Lipinski definition) is 0. The van der Waals surface area contributed by atoms with E-state index in [9.17, 15) is 9.18 Å². The van der Waals surface area contributed by atoms with Gasteiger partial charge < -0.3 is 4.90 Å². The summed E-state index contributed by atoms with van der Waals surface area (Å²) in [5.41, 5.74) is 2.00. The number of aromatic nitrogens is 1. The van der Waals surface area contributed by atoms with Crippen LogP contribution in [0, 0.1) is 12.7 Å². The second kappa shape index (κ2) is 9.37. The van der Waals surface area contributed by atoms with Gasteiger partial charge in [0, 0.05) is 18.1 Å². The summed E-state index contributed by atoms with van der Waals surface area (Å²) in [6.45, 7) is 2.99. The number of hydrogen-bond acceptors (Lipinski definition) is 4. The van der Waals surface area contributed by atoms with Crippen molar-refractivity contribution in [3.8, 4) is 0 Å². The van der Waals surface area contributed by atoms with E-state index in [1.165, 1.54) is 23.5 Å². The minimum Gasteiger partial charge on any atom is -0.308 e. The van der Waals surface area contributed by atoms with E-state index in [1.807, 2.05) is 38.1 Å². The molecular formula is C19H19Cl3FN3OS. The number of amides is 1. The first-order valence-electron chi connectivity index (χ1n) is 8.24. The molecule has 1 heterocycles. The Balaban J connectivity index is 0.00000280. The lowest BCUT2D eigenvalue weighted by atomic mass is 10.2. The Kier molecular flexibility index (Phi) is 7.65. The summed E-state index contributed by atoms with van der Waals surface area (Å²) in [5, 5.41) is 1.26. The van der Waals surface area contributed by atoms with E-state index < -0.39 is 5.82 Å². The Morgan fingerprint density at radius 1 is 1.18 bits per heavy atom. The predicted octanol–water partition coefficient (Wildman–Crippen LogP) is 5.68. The normalized spacial score (nSPS) is 11.0. The van der Waals surface area contributed by atoms with E-state index in [0.717, 1.165) is 21.8 Å². The zero-order valence-electron chi connectivity index (χ0n) is 15.5. The molecule has 0 saturated carbocycles. The molecule has 4 nitrogen and oxygen atoms in total. The van der Waals surface area contributed by atoms with Crippen molar-refractivity contribution in [3.05, 3.63) is 57.3 Å². The van der Waals surface area contributed by atoms with Crippen molar-refractivity contribution in [2.75, 3.05) is 32.1 Å². The Bertz CT molecular complexity index is 1010. The molecule has 0 aliphatic carbocycles. The standard InChI is InChI=1S/C19H18Cl2FN3OS.ClH/c1-11-8-12(20)9-16-17(11)23-19(27-16)25(7-6-24(2)3)18(26)14-5-4-13(22)10-15(14)21;/h4-5,8-10H,6-7H2,1-3H3;1H. The van der Waals surface area contributed by atoms with Crippen LogP contribution in [0.4, 0.5) is 9.52 Å². The van der Waals surface area contributed by atoms with Crippen LogP contribution >= 0.6 is 46.9 Å². The van der Waals surface area contributed by atoms with Crippen LogP contribution in [-0.2, 0) is 0 Å². The van der Waals surface area contributed by atoms with Gasteiger partial charge in [0.25, 0.3) is 5.91 Å². The summed E-state index contributed by atoms with van der Waals surface area (Å²) in [7, 11) is 3.85. The minimum absolute atomic E-state index is 0. The molecule has 2 aromatic carbocycles. The maximum absolute atomic E-state index is 13.4. The first kappa shape index (κ1) is 22.8. The summed E-state index contributed by atoms with van der Waals surface area (Å²) in [6.07, 6.45) is 0. The number of carbonyl (C=O) groups is 1. The van der Waals surface area contributed by atoms with Crippen molar-refractivity contribution in [1.82, 2.24) is 9.88 Å². The molecule has 0 bridgehead atoms. The van der Waals surface area contributed by atoms with Gasteiger partial charge in [0.2, 0.25) is 0 Å². The zero-order valence-corrected chi connectivity index (χ0v) is 18.6. The fourth-order valence-electron chi connectivity index (χ4n) is 2.65. The van der Waals surface area contributed by atoms with Crippen LogP contribution in [-0.4, -0.2) is 43.0 Å². The molecule has 3 aromatic rings. The van der Waals surface area contributed by atoms with Crippen LogP contribution in [0.3, 0.4) is 0 Å². The lowest BCUT2D eigenvalue weighted by Gasteiger charge is -2.22. The molecule has 1 aromatic heterocycles. The Hall–Kier alpha value is -1.44. The monoisotopic (exact) mass is 461 g/mol. The average Bonchev–Trinajstić information content (AvgIpc) is 2.98. The summed E-state index contributed by atoms with van der Waals surface area (Å²) >= 11 is 13.7. The fourth-order valence-corrected chi connectivity index (χ4v) is 4.34. The van der Waals surface area contributed by atoms with Gasteiger partial charge in [0.1, 0.15) is 5.82 Å². The molecule has 0 atom stereocenters. The molecule has 150 valence electrons. The van der Waals surface area contributed by atoms with Crippen LogP contribution in [0.5, 0.6) is 0 Å². The Morgan fingerprint density at radius 3 is 2.54 bits per heavy atom. The third kappa shape index (κ3) is 4.93. The molecular weight excluding hydrogens is 444 g/mol. The van der Waals surface area contributed by atoms with Gasteiger partial charge in [-0.05, 0) is 56.9 Å². The lowest BCUT2D eigenvalue weighted by Crippen LogP contribution is -2.36. The molecule has 0 aliphatic heterocycles. The quantitative estimate of drug-likeness (QED) is 0.489. The highest BCUT2D eigenvalue weighted by Gasteiger charge is 2.24. The zero-order chi connectivity index (χ0) is 19.7. The molecule has 1 amide bonds. The molecule has 0 saturated heterocycles. The van der Waals surface area contributed by atoms with Crippen LogP contribution < -0.4 is 4.90 Å². The smallest absolute Gasteiger partial charge is 0.261 e.